The van der Waals surface area contributed by atoms with Crippen LogP contribution in [0.4, 0.5) is 4.79 Å². The Balaban J connectivity index is 2.27. The SMILES string of the molecule is CC1=C(C(=O)OCC(C)C)C(c2cccs2)NC(=O)N1. The Hall–Kier alpha value is -1.82. The van der Waals surface area contributed by atoms with E-state index in [1.54, 1.807) is 6.92 Å². The van der Waals surface area contributed by atoms with Crippen LogP contribution >= 0.6 is 11.3 Å². The molecule has 2 rings (SSSR count). The van der Waals surface area contributed by atoms with E-state index in [0.29, 0.717) is 17.9 Å². The summed E-state index contributed by atoms with van der Waals surface area (Å²) in [4.78, 5) is 24.8. The number of thiophene rings is 1. The van der Waals surface area contributed by atoms with Gasteiger partial charge in [0.1, 0.15) is 0 Å². The van der Waals surface area contributed by atoms with Crippen LogP contribution in [0.5, 0.6) is 0 Å². The highest BCUT2D eigenvalue weighted by Crippen LogP contribution is 2.30. The second kappa shape index (κ2) is 6.09. The van der Waals surface area contributed by atoms with E-state index < -0.39 is 6.04 Å². The monoisotopic (exact) mass is 294 g/mol. The number of allylic oxidation sites excluding steroid dienone is 1. The molecule has 1 atom stereocenters. The molecule has 20 heavy (non-hydrogen) atoms. The van der Waals surface area contributed by atoms with Crippen LogP contribution in [0.25, 0.3) is 0 Å². The van der Waals surface area contributed by atoms with E-state index in [2.05, 4.69) is 10.6 Å². The number of amides is 2. The van der Waals surface area contributed by atoms with Gasteiger partial charge in [-0.25, -0.2) is 9.59 Å². The Labute approximate surface area is 122 Å². The van der Waals surface area contributed by atoms with Gasteiger partial charge < -0.3 is 15.4 Å². The number of ether oxygens (including phenoxy) is 1. The Morgan fingerprint density at radius 1 is 1.50 bits per heavy atom. The highest BCUT2D eigenvalue weighted by Gasteiger charge is 2.32. The van der Waals surface area contributed by atoms with Gasteiger partial charge in [-0.2, -0.15) is 0 Å². The average molecular weight is 294 g/mol. The predicted molar refractivity (Wildman–Crippen MR) is 77.2 cm³/mol. The van der Waals surface area contributed by atoms with Gasteiger partial charge in [0, 0.05) is 10.6 Å². The van der Waals surface area contributed by atoms with Gasteiger partial charge in [-0.15, -0.1) is 11.3 Å². The molecule has 1 aliphatic rings. The predicted octanol–water partition coefficient (Wildman–Crippen LogP) is 2.58. The second-order valence-electron chi connectivity index (χ2n) is 5.08. The van der Waals surface area contributed by atoms with Crippen molar-refractivity contribution in [3.05, 3.63) is 33.7 Å². The summed E-state index contributed by atoms with van der Waals surface area (Å²) >= 11 is 1.49. The van der Waals surface area contributed by atoms with Gasteiger partial charge >= 0.3 is 12.0 Å². The van der Waals surface area contributed by atoms with Gasteiger partial charge in [0.25, 0.3) is 0 Å². The molecule has 108 valence electrons. The maximum absolute atomic E-state index is 12.3. The summed E-state index contributed by atoms with van der Waals surface area (Å²) in [6.45, 7) is 6.03. The lowest BCUT2D eigenvalue weighted by Gasteiger charge is -2.27. The van der Waals surface area contributed by atoms with Crippen molar-refractivity contribution < 1.29 is 14.3 Å². The van der Waals surface area contributed by atoms with Crippen LogP contribution in [0.2, 0.25) is 0 Å². The lowest BCUT2D eigenvalue weighted by atomic mass is 10.0. The third-order valence-electron chi connectivity index (χ3n) is 2.86. The number of nitrogens with one attached hydrogen (secondary N) is 2. The summed E-state index contributed by atoms with van der Waals surface area (Å²) < 4.78 is 5.29. The fourth-order valence-corrected chi connectivity index (χ4v) is 2.74. The standard InChI is InChI=1S/C14H18N2O3S/c1-8(2)7-19-13(17)11-9(3)15-14(18)16-12(11)10-5-4-6-20-10/h4-6,8,12H,7H2,1-3H3,(H2,15,16,18). The quantitative estimate of drug-likeness (QED) is 0.839. The molecule has 0 aromatic carbocycles. The summed E-state index contributed by atoms with van der Waals surface area (Å²) in [5.41, 5.74) is 1.01. The number of esters is 1. The Kier molecular flexibility index (Phi) is 4.44. The molecule has 0 radical (unpaired) electrons. The third-order valence-corrected chi connectivity index (χ3v) is 3.80. The molecular formula is C14H18N2O3S. The zero-order valence-corrected chi connectivity index (χ0v) is 12.5. The normalized spacial score (nSPS) is 18.8. The zero-order chi connectivity index (χ0) is 14.7. The molecule has 1 unspecified atom stereocenters. The molecule has 5 nitrogen and oxygen atoms in total. The molecule has 1 aliphatic heterocycles. The van der Waals surface area contributed by atoms with E-state index in [0.717, 1.165) is 4.88 Å². The molecular weight excluding hydrogens is 276 g/mol. The number of hydrogen-bond acceptors (Lipinski definition) is 4. The first-order valence-corrected chi connectivity index (χ1v) is 7.35. The van der Waals surface area contributed by atoms with Crippen LogP contribution < -0.4 is 10.6 Å². The Bertz CT molecular complexity index is 535. The molecule has 0 bridgehead atoms. The number of hydrogen-bond donors (Lipinski definition) is 2. The van der Waals surface area contributed by atoms with Gasteiger partial charge in [0.2, 0.25) is 0 Å². The van der Waals surface area contributed by atoms with Crippen LogP contribution in [0.3, 0.4) is 0 Å². The third kappa shape index (κ3) is 3.19. The Morgan fingerprint density at radius 2 is 2.25 bits per heavy atom. The van der Waals surface area contributed by atoms with Crippen LogP contribution in [0.15, 0.2) is 28.8 Å². The lowest BCUT2D eigenvalue weighted by Crippen LogP contribution is -2.45. The molecule has 0 fully saturated rings. The first kappa shape index (κ1) is 14.6. The maximum atomic E-state index is 12.3. The molecule has 0 spiro atoms. The van der Waals surface area contributed by atoms with Crippen molar-refractivity contribution in [3.8, 4) is 0 Å². The van der Waals surface area contributed by atoms with E-state index in [1.165, 1.54) is 11.3 Å². The largest absolute Gasteiger partial charge is 0.462 e. The minimum atomic E-state index is -0.441. The van der Waals surface area contributed by atoms with Gasteiger partial charge in [-0.3, -0.25) is 0 Å². The summed E-state index contributed by atoms with van der Waals surface area (Å²) in [5, 5.41) is 7.31. The van der Waals surface area contributed by atoms with Crippen molar-refractivity contribution in [2.24, 2.45) is 5.92 Å². The number of carbonyl (C=O) groups is 2. The summed E-state index contributed by atoms with van der Waals surface area (Å²) in [6.07, 6.45) is 0. The highest BCUT2D eigenvalue weighted by molar-refractivity contribution is 7.10. The van der Waals surface area contributed by atoms with Crippen molar-refractivity contribution in [3.63, 3.8) is 0 Å². The van der Waals surface area contributed by atoms with E-state index in [9.17, 15) is 9.59 Å². The molecule has 1 aromatic heterocycles. The second-order valence-corrected chi connectivity index (χ2v) is 6.06. The average Bonchev–Trinajstić information content (AvgIpc) is 2.88. The fraction of sp³-hybridized carbons (Fsp3) is 0.429. The molecule has 0 saturated heterocycles. The first-order valence-electron chi connectivity index (χ1n) is 6.48. The molecule has 1 aromatic rings. The van der Waals surface area contributed by atoms with Crippen molar-refractivity contribution in [2.45, 2.75) is 26.8 Å². The zero-order valence-electron chi connectivity index (χ0n) is 11.7. The number of urea groups is 1. The smallest absolute Gasteiger partial charge is 0.338 e. The van der Waals surface area contributed by atoms with E-state index >= 15 is 0 Å². The van der Waals surface area contributed by atoms with Gasteiger partial charge in [0.15, 0.2) is 0 Å². The lowest BCUT2D eigenvalue weighted by molar-refractivity contribution is -0.140. The van der Waals surface area contributed by atoms with E-state index in [1.807, 2.05) is 31.4 Å². The van der Waals surface area contributed by atoms with Crippen molar-refractivity contribution in [1.29, 1.82) is 0 Å². The van der Waals surface area contributed by atoms with Gasteiger partial charge in [-0.1, -0.05) is 19.9 Å². The summed E-state index contributed by atoms with van der Waals surface area (Å²) in [7, 11) is 0. The molecule has 0 aliphatic carbocycles. The van der Waals surface area contributed by atoms with Crippen LogP contribution in [0.1, 0.15) is 31.7 Å². The van der Waals surface area contributed by atoms with Crippen LogP contribution in [0, 0.1) is 5.92 Å². The maximum Gasteiger partial charge on any atom is 0.338 e. The molecule has 2 heterocycles. The fourth-order valence-electron chi connectivity index (χ4n) is 1.95. The van der Waals surface area contributed by atoms with Crippen LogP contribution in [-0.2, 0) is 9.53 Å². The molecule has 0 saturated carbocycles. The summed E-state index contributed by atoms with van der Waals surface area (Å²) in [5.74, 6) is -0.117. The number of rotatable bonds is 4. The summed E-state index contributed by atoms with van der Waals surface area (Å²) in [6, 6.07) is 3.04. The van der Waals surface area contributed by atoms with Crippen molar-refractivity contribution in [1.82, 2.24) is 10.6 Å². The van der Waals surface area contributed by atoms with Crippen LogP contribution in [-0.4, -0.2) is 18.6 Å². The number of carbonyl (C=O) groups excluding carboxylic acids is 2. The highest BCUT2D eigenvalue weighted by atomic mass is 32.1. The Morgan fingerprint density at radius 3 is 2.85 bits per heavy atom. The minimum absolute atomic E-state index is 0.270. The van der Waals surface area contributed by atoms with Crippen molar-refractivity contribution >= 4 is 23.3 Å². The first-order chi connectivity index (χ1) is 9.49. The van der Waals surface area contributed by atoms with Gasteiger partial charge in [-0.05, 0) is 24.3 Å². The molecule has 2 amide bonds. The van der Waals surface area contributed by atoms with E-state index in [-0.39, 0.29) is 17.9 Å². The molecule has 6 heteroatoms. The van der Waals surface area contributed by atoms with E-state index in [4.69, 9.17) is 4.74 Å². The molecule has 2 N–H and O–H groups in total. The van der Waals surface area contributed by atoms with Crippen molar-refractivity contribution in [2.75, 3.05) is 6.61 Å². The van der Waals surface area contributed by atoms with Gasteiger partial charge in [0.05, 0.1) is 18.2 Å². The minimum Gasteiger partial charge on any atom is -0.462 e. The topological polar surface area (TPSA) is 67.4 Å².